The van der Waals surface area contributed by atoms with Gasteiger partial charge < -0.3 is 4.74 Å². The molecule has 8 heteroatoms. The van der Waals surface area contributed by atoms with Gasteiger partial charge in [0.2, 0.25) is 10.0 Å². The molecule has 17 heavy (non-hydrogen) atoms. The number of carbonyl (C=O) groups excluding carboxylic acids is 1. The molecule has 0 aliphatic rings. The number of hydrogen-bond acceptors (Lipinski definition) is 5. The van der Waals surface area contributed by atoms with E-state index in [1.54, 1.807) is 6.92 Å². The lowest BCUT2D eigenvalue weighted by atomic mass is 10.3. The molecule has 0 aliphatic heterocycles. The van der Waals surface area contributed by atoms with Gasteiger partial charge in [-0.05, 0) is 12.8 Å². The second kappa shape index (κ2) is 5.28. The number of rotatable bonds is 5. The van der Waals surface area contributed by atoms with Crippen molar-refractivity contribution < 1.29 is 17.9 Å². The van der Waals surface area contributed by atoms with Crippen molar-refractivity contribution in [3.8, 4) is 0 Å². The number of carbonyl (C=O) groups is 1. The average molecular weight is 261 g/mol. The van der Waals surface area contributed by atoms with Crippen LogP contribution in [0.1, 0.15) is 36.5 Å². The fourth-order valence-electron chi connectivity index (χ4n) is 1.32. The molecular formula is C9H15N3O4S. The number of primary sulfonamides is 1. The molecule has 1 aromatic rings. The standard InChI is InChI=1S/C9H15N3O4S/c1-3-5-16-9(13)7-8(17(10,14)15)6(4-2)11-12-7/h3-5H2,1-2H3,(H,11,12)(H2,10,14,15). The maximum Gasteiger partial charge on any atom is 0.360 e. The topological polar surface area (TPSA) is 115 Å². The number of nitrogens with zero attached hydrogens (tertiary/aromatic N) is 1. The van der Waals surface area contributed by atoms with Crippen molar-refractivity contribution in [3.63, 3.8) is 0 Å². The van der Waals surface area contributed by atoms with Crippen LogP contribution in [0.15, 0.2) is 4.90 Å². The smallest absolute Gasteiger partial charge is 0.360 e. The van der Waals surface area contributed by atoms with Gasteiger partial charge in [-0.2, -0.15) is 5.10 Å². The summed E-state index contributed by atoms with van der Waals surface area (Å²) in [7, 11) is -4.00. The van der Waals surface area contributed by atoms with Crippen molar-refractivity contribution in [1.29, 1.82) is 0 Å². The molecule has 7 nitrogen and oxygen atoms in total. The number of sulfonamides is 1. The highest BCUT2D eigenvalue weighted by atomic mass is 32.2. The number of nitrogens with one attached hydrogen (secondary N) is 1. The van der Waals surface area contributed by atoms with E-state index < -0.39 is 16.0 Å². The number of ether oxygens (including phenoxy) is 1. The van der Waals surface area contributed by atoms with E-state index in [9.17, 15) is 13.2 Å². The minimum absolute atomic E-state index is 0.206. The van der Waals surface area contributed by atoms with Gasteiger partial charge in [-0.3, -0.25) is 5.10 Å². The molecule has 0 bridgehead atoms. The number of esters is 1. The second-order valence-electron chi connectivity index (χ2n) is 3.41. The number of hydrogen-bond donors (Lipinski definition) is 2. The van der Waals surface area contributed by atoms with Gasteiger partial charge in [-0.1, -0.05) is 13.8 Å². The highest BCUT2D eigenvalue weighted by Crippen LogP contribution is 2.18. The average Bonchev–Trinajstić information content (AvgIpc) is 2.69. The summed E-state index contributed by atoms with van der Waals surface area (Å²) in [4.78, 5) is 11.3. The van der Waals surface area contributed by atoms with E-state index in [1.807, 2.05) is 6.92 Å². The highest BCUT2D eigenvalue weighted by molar-refractivity contribution is 7.89. The van der Waals surface area contributed by atoms with E-state index in [4.69, 9.17) is 9.88 Å². The first-order valence-electron chi connectivity index (χ1n) is 5.19. The van der Waals surface area contributed by atoms with E-state index in [1.165, 1.54) is 0 Å². The number of aromatic amines is 1. The zero-order chi connectivity index (χ0) is 13.1. The summed E-state index contributed by atoms with van der Waals surface area (Å²) in [6.45, 7) is 3.76. The van der Waals surface area contributed by atoms with E-state index in [2.05, 4.69) is 10.2 Å². The monoisotopic (exact) mass is 261 g/mol. The first-order valence-corrected chi connectivity index (χ1v) is 6.73. The van der Waals surface area contributed by atoms with Crippen LogP contribution in [-0.4, -0.2) is 31.2 Å². The molecule has 0 aliphatic carbocycles. The van der Waals surface area contributed by atoms with Crippen LogP contribution in [0.2, 0.25) is 0 Å². The summed E-state index contributed by atoms with van der Waals surface area (Å²) >= 11 is 0. The van der Waals surface area contributed by atoms with Crippen LogP contribution in [0.3, 0.4) is 0 Å². The number of aromatic nitrogens is 2. The van der Waals surface area contributed by atoms with Crippen LogP contribution in [0, 0.1) is 0 Å². The third-order valence-corrected chi connectivity index (χ3v) is 3.07. The zero-order valence-electron chi connectivity index (χ0n) is 9.69. The summed E-state index contributed by atoms with van der Waals surface area (Å²) < 4.78 is 27.6. The Bertz CT molecular complexity index is 506. The number of H-pyrrole nitrogens is 1. The summed E-state index contributed by atoms with van der Waals surface area (Å²) in [6, 6.07) is 0. The summed E-state index contributed by atoms with van der Waals surface area (Å²) in [5.41, 5.74) is 0.0220. The zero-order valence-corrected chi connectivity index (χ0v) is 10.5. The molecule has 0 amide bonds. The van der Waals surface area contributed by atoms with Gasteiger partial charge in [0.05, 0.1) is 12.3 Å². The molecule has 0 spiro atoms. The largest absolute Gasteiger partial charge is 0.461 e. The van der Waals surface area contributed by atoms with Gasteiger partial charge >= 0.3 is 5.97 Å². The van der Waals surface area contributed by atoms with Crippen LogP contribution >= 0.6 is 0 Å². The minimum Gasteiger partial charge on any atom is -0.461 e. The Morgan fingerprint density at radius 2 is 2.12 bits per heavy atom. The van der Waals surface area contributed by atoms with Gasteiger partial charge in [0.25, 0.3) is 0 Å². The van der Waals surface area contributed by atoms with E-state index in [0.717, 1.165) is 0 Å². The van der Waals surface area contributed by atoms with Crippen molar-refractivity contribution in [2.45, 2.75) is 31.6 Å². The normalized spacial score (nSPS) is 11.5. The molecule has 0 aromatic carbocycles. The fourth-order valence-corrected chi connectivity index (χ4v) is 2.25. The molecule has 1 aromatic heterocycles. The first-order chi connectivity index (χ1) is 7.91. The van der Waals surface area contributed by atoms with E-state index in [-0.39, 0.29) is 17.2 Å². The molecule has 0 fully saturated rings. The molecule has 1 rings (SSSR count). The van der Waals surface area contributed by atoms with Crippen molar-refractivity contribution in [2.24, 2.45) is 5.14 Å². The maximum atomic E-state index is 11.6. The Morgan fingerprint density at radius 1 is 1.47 bits per heavy atom. The van der Waals surface area contributed by atoms with E-state index >= 15 is 0 Å². The van der Waals surface area contributed by atoms with Crippen LogP contribution in [0.25, 0.3) is 0 Å². The van der Waals surface area contributed by atoms with Crippen LogP contribution in [0.5, 0.6) is 0 Å². The lowest BCUT2D eigenvalue weighted by Crippen LogP contribution is -2.18. The summed E-state index contributed by atoms with van der Waals surface area (Å²) in [6.07, 6.45) is 1.02. The SMILES string of the molecule is CCCOC(=O)c1n[nH]c(CC)c1S(N)(=O)=O. The molecule has 0 saturated carbocycles. The molecule has 0 saturated heterocycles. The van der Waals surface area contributed by atoms with Crippen LogP contribution in [-0.2, 0) is 21.2 Å². The van der Waals surface area contributed by atoms with Gasteiger partial charge in [-0.15, -0.1) is 0 Å². The quantitative estimate of drug-likeness (QED) is 0.734. The molecule has 96 valence electrons. The Morgan fingerprint density at radius 3 is 2.59 bits per heavy atom. The maximum absolute atomic E-state index is 11.6. The first kappa shape index (κ1) is 13.7. The van der Waals surface area contributed by atoms with Crippen molar-refractivity contribution in [3.05, 3.63) is 11.4 Å². The van der Waals surface area contributed by atoms with Gasteiger partial charge in [0, 0.05) is 0 Å². The summed E-state index contributed by atoms with van der Waals surface area (Å²) in [5.74, 6) is -0.785. The van der Waals surface area contributed by atoms with Gasteiger partial charge in [0.15, 0.2) is 5.69 Å². The lowest BCUT2D eigenvalue weighted by molar-refractivity contribution is 0.0493. The van der Waals surface area contributed by atoms with Gasteiger partial charge in [-0.25, -0.2) is 18.4 Å². The predicted molar refractivity (Wildman–Crippen MR) is 59.9 cm³/mol. The third kappa shape index (κ3) is 3.04. The van der Waals surface area contributed by atoms with Crippen LogP contribution < -0.4 is 5.14 Å². The number of nitrogens with two attached hydrogens (primary N) is 1. The third-order valence-electron chi connectivity index (χ3n) is 2.06. The van der Waals surface area contributed by atoms with E-state index in [0.29, 0.717) is 18.5 Å². The molecule has 0 unspecified atom stereocenters. The van der Waals surface area contributed by atoms with Crippen molar-refractivity contribution in [2.75, 3.05) is 6.61 Å². The van der Waals surface area contributed by atoms with Gasteiger partial charge in [0.1, 0.15) is 4.90 Å². The number of aryl methyl sites for hydroxylation is 1. The van der Waals surface area contributed by atoms with Crippen molar-refractivity contribution >= 4 is 16.0 Å². The Labute approximate surface area is 99.4 Å². The Kier molecular flexibility index (Phi) is 4.24. The Hall–Kier alpha value is -1.41. The second-order valence-corrected chi connectivity index (χ2v) is 4.91. The predicted octanol–water partition coefficient (Wildman–Crippen LogP) is 0.186. The lowest BCUT2D eigenvalue weighted by Gasteiger charge is -2.02. The van der Waals surface area contributed by atoms with Crippen LogP contribution in [0.4, 0.5) is 0 Å². The molecular weight excluding hydrogens is 246 g/mol. The summed E-state index contributed by atoms with van der Waals surface area (Å²) in [5, 5.41) is 11.2. The molecule has 1 heterocycles. The highest BCUT2D eigenvalue weighted by Gasteiger charge is 2.27. The fraction of sp³-hybridized carbons (Fsp3) is 0.556. The molecule has 3 N–H and O–H groups in total. The van der Waals surface area contributed by atoms with Crippen molar-refractivity contribution in [1.82, 2.24) is 10.2 Å². The minimum atomic E-state index is -4.00. The molecule has 0 radical (unpaired) electrons. The molecule has 0 atom stereocenters. The Balaban J connectivity index is 3.17.